The molecule has 0 aliphatic heterocycles. The van der Waals surface area contributed by atoms with Gasteiger partial charge in [0.2, 0.25) is 0 Å². The van der Waals surface area contributed by atoms with Gasteiger partial charge < -0.3 is 8.98 Å². The fourth-order valence-corrected chi connectivity index (χ4v) is 7.99. The molecule has 3 heterocycles. The third-order valence-corrected chi connectivity index (χ3v) is 10.4. The van der Waals surface area contributed by atoms with Crippen LogP contribution in [0, 0.1) is 0 Å². The molecule has 11 aromatic rings. The van der Waals surface area contributed by atoms with Crippen molar-refractivity contribution >= 4 is 65.4 Å². The molecule has 4 heteroatoms. The molecule has 0 amide bonds. The van der Waals surface area contributed by atoms with Crippen LogP contribution in [-0.2, 0) is 0 Å². The second-order valence-electron chi connectivity index (χ2n) is 13.4. The van der Waals surface area contributed by atoms with Gasteiger partial charge in [-0.2, -0.15) is 0 Å². The number of para-hydroxylation sites is 2. The molecular formula is C48H29N3O. The number of aromatic nitrogens is 3. The Balaban J connectivity index is 1.22. The van der Waals surface area contributed by atoms with E-state index < -0.39 is 0 Å². The molecule has 11 rings (SSSR count). The molecule has 3 aromatic heterocycles. The summed E-state index contributed by atoms with van der Waals surface area (Å²) in [5.41, 5.74) is 11.2. The Morgan fingerprint density at radius 1 is 0.442 bits per heavy atom. The standard InChI is InChI=1S/C48H29N3O/c1-3-13-30(14-4-1)32-23-25-37-36-19-10-12-22-42(36)51(43(37)28-32)34-24-26-44-39(29-34)45-40(27-33-17-7-8-18-35(33)47(45)52-44)48-49-41-21-11-9-20-38(41)46(50-48)31-15-5-2-6-16-31/h1-29H. The van der Waals surface area contributed by atoms with Crippen molar-refractivity contribution in [3.8, 4) is 39.5 Å². The van der Waals surface area contributed by atoms with Gasteiger partial charge in [0.15, 0.2) is 5.82 Å². The maximum atomic E-state index is 6.79. The van der Waals surface area contributed by atoms with E-state index in [1.807, 2.05) is 12.1 Å². The molecule has 0 saturated carbocycles. The first-order valence-electron chi connectivity index (χ1n) is 17.6. The Morgan fingerprint density at radius 3 is 1.98 bits per heavy atom. The third-order valence-electron chi connectivity index (χ3n) is 10.4. The van der Waals surface area contributed by atoms with Crippen molar-refractivity contribution in [3.63, 3.8) is 0 Å². The van der Waals surface area contributed by atoms with Crippen LogP contribution in [0.3, 0.4) is 0 Å². The molecule has 52 heavy (non-hydrogen) atoms. The van der Waals surface area contributed by atoms with Crippen LogP contribution in [0.5, 0.6) is 0 Å². The van der Waals surface area contributed by atoms with E-state index in [0.29, 0.717) is 5.82 Å². The van der Waals surface area contributed by atoms with Crippen LogP contribution in [0.2, 0.25) is 0 Å². The number of fused-ring (bicyclic) bond motifs is 9. The molecule has 0 aliphatic rings. The molecule has 0 atom stereocenters. The molecule has 0 saturated heterocycles. The highest BCUT2D eigenvalue weighted by Gasteiger charge is 2.21. The van der Waals surface area contributed by atoms with Crippen LogP contribution >= 0.6 is 0 Å². The summed E-state index contributed by atoms with van der Waals surface area (Å²) >= 11 is 0. The lowest BCUT2D eigenvalue weighted by Crippen LogP contribution is -1.96. The summed E-state index contributed by atoms with van der Waals surface area (Å²) in [5, 5.41) is 7.64. The van der Waals surface area contributed by atoms with Gasteiger partial charge >= 0.3 is 0 Å². The average molecular weight is 664 g/mol. The normalized spacial score (nSPS) is 11.8. The number of nitrogens with zero attached hydrogens (tertiary/aromatic N) is 3. The van der Waals surface area contributed by atoms with Gasteiger partial charge in [-0.25, -0.2) is 9.97 Å². The lowest BCUT2D eigenvalue weighted by Gasteiger charge is -2.12. The van der Waals surface area contributed by atoms with Crippen LogP contribution < -0.4 is 0 Å². The smallest absolute Gasteiger partial charge is 0.161 e. The minimum atomic E-state index is 0.672. The monoisotopic (exact) mass is 663 g/mol. The lowest BCUT2D eigenvalue weighted by atomic mass is 9.98. The summed E-state index contributed by atoms with van der Waals surface area (Å²) in [7, 11) is 0. The highest BCUT2D eigenvalue weighted by molar-refractivity contribution is 6.21. The molecule has 242 valence electrons. The maximum Gasteiger partial charge on any atom is 0.161 e. The largest absolute Gasteiger partial charge is 0.455 e. The van der Waals surface area contributed by atoms with Crippen molar-refractivity contribution < 1.29 is 4.42 Å². The van der Waals surface area contributed by atoms with Crippen LogP contribution in [0.15, 0.2) is 180 Å². The highest BCUT2D eigenvalue weighted by Crippen LogP contribution is 2.43. The fraction of sp³-hybridized carbons (Fsp3) is 0. The van der Waals surface area contributed by atoms with E-state index >= 15 is 0 Å². The summed E-state index contributed by atoms with van der Waals surface area (Å²) in [6.07, 6.45) is 0. The van der Waals surface area contributed by atoms with Crippen LogP contribution in [0.25, 0.3) is 105 Å². The summed E-state index contributed by atoms with van der Waals surface area (Å²) in [6, 6.07) is 61.9. The second kappa shape index (κ2) is 11.2. The van der Waals surface area contributed by atoms with Crippen molar-refractivity contribution in [2.75, 3.05) is 0 Å². The second-order valence-corrected chi connectivity index (χ2v) is 13.4. The first-order chi connectivity index (χ1) is 25.8. The fourth-order valence-electron chi connectivity index (χ4n) is 7.99. The average Bonchev–Trinajstić information content (AvgIpc) is 3.76. The molecule has 0 spiro atoms. The quantitative estimate of drug-likeness (QED) is 0.188. The van der Waals surface area contributed by atoms with Gasteiger partial charge in [-0.15, -0.1) is 0 Å². The van der Waals surface area contributed by atoms with Crippen LogP contribution in [0.4, 0.5) is 0 Å². The van der Waals surface area contributed by atoms with Gasteiger partial charge in [-0.05, 0) is 59.0 Å². The third kappa shape index (κ3) is 4.34. The molecule has 0 unspecified atom stereocenters. The summed E-state index contributed by atoms with van der Waals surface area (Å²) in [6.45, 7) is 0. The zero-order valence-corrected chi connectivity index (χ0v) is 28.0. The zero-order valence-electron chi connectivity index (χ0n) is 28.0. The predicted octanol–water partition coefficient (Wildman–Crippen LogP) is 12.8. The van der Waals surface area contributed by atoms with Gasteiger partial charge in [0.1, 0.15) is 11.2 Å². The number of hydrogen-bond donors (Lipinski definition) is 0. The van der Waals surface area contributed by atoms with E-state index in [1.165, 1.54) is 21.9 Å². The van der Waals surface area contributed by atoms with Crippen molar-refractivity contribution in [1.29, 1.82) is 0 Å². The molecule has 0 aliphatic carbocycles. The number of rotatable bonds is 4. The summed E-state index contributed by atoms with van der Waals surface area (Å²) in [4.78, 5) is 10.5. The van der Waals surface area contributed by atoms with Crippen LogP contribution in [-0.4, -0.2) is 14.5 Å². The topological polar surface area (TPSA) is 43.9 Å². The number of furan rings is 1. The van der Waals surface area contributed by atoms with E-state index in [9.17, 15) is 0 Å². The van der Waals surface area contributed by atoms with E-state index in [2.05, 4.69) is 168 Å². The van der Waals surface area contributed by atoms with E-state index in [0.717, 1.165) is 77.2 Å². The van der Waals surface area contributed by atoms with E-state index in [4.69, 9.17) is 14.4 Å². The van der Waals surface area contributed by atoms with Crippen molar-refractivity contribution in [2.45, 2.75) is 0 Å². The van der Waals surface area contributed by atoms with Gasteiger partial charge in [-0.3, -0.25) is 0 Å². The zero-order chi connectivity index (χ0) is 34.2. The Hall–Kier alpha value is -7.04. The molecule has 0 fully saturated rings. The molecular weight excluding hydrogens is 635 g/mol. The van der Waals surface area contributed by atoms with Crippen molar-refractivity contribution in [1.82, 2.24) is 14.5 Å². The Kier molecular flexibility index (Phi) is 6.22. The molecule has 8 aromatic carbocycles. The summed E-state index contributed by atoms with van der Waals surface area (Å²) < 4.78 is 9.17. The first kappa shape index (κ1) is 28.8. The van der Waals surface area contributed by atoms with Crippen molar-refractivity contribution in [3.05, 3.63) is 176 Å². The molecule has 0 radical (unpaired) electrons. The van der Waals surface area contributed by atoms with Gasteiger partial charge in [-0.1, -0.05) is 133 Å². The SMILES string of the molecule is c1ccc(-c2ccc3c4ccccc4n(-c4ccc5oc6c7ccccc7cc(-c7nc(-c8ccccc8)c8ccccc8n7)c6c5c4)c3c2)cc1. The molecule has 4 nitrogen and oxygen atoms in total. The first-order valence-corrected chi connectivity index (χ1v) is 17.6. The minimum Gasteiger partial charge on any atom is -0.455 e. The Morgan fingerprint density at radius 2 is 1.13 bits per heavy atom. The Bertz CT molecular complexity index is 3180. The van der Waals surface area contributed by atoms with E-state index in [1.54, 1.807) is 0 Å². The van der Waals surface area contributed by atoms with E-state index in [-0.39, 0.29) is 0 Å². The lowest BCUT2D eigenvalue weighted by molar-refractivity contribution is 0.672. The van der Waals surface area contributed by atoms with Gasteiger partial charge in [0.25, 0.3) is 0 Å². The van der Waals surface area contributed by atoms with Crippen LogP contribution in [0.1, 0.15) is 0 Å². The van der Waals surface area contributed by atoms with Gasteiger partial charge in [0, 0.05) is 49.1 Å². The van der Waals surface area contributed by atoms with Crippen molar-refractivity contribution in [2.24, 2.45) is 0 Å². The minimum absolute atomic E-state index is 0.672. The summed E-state index contributed by atoms with van der Waals surface area (Å²) in [5.74, 6) is 0.672. The molecule has 0 bridgehead atoms. The van der Waals surface area contributed by atoms with Gasteiger partial charge in [0.05, 0.1) is 22.2 Å². The number of benzene rings is 8. The Labute approximate surface area is 298 Å². The number of hydrogen-bond acceptors (Lipinski definition) is 3. The highest BCUT2D eigenvalue weighted by atomic mass is 16.3. The maximum absolute atomic E-state index is 6.79. The predicted molar refractivity (Wildman–Crippen MR) is 215 cm³/mol. The molecule has 0 N–H and O–H groups in total.